The highest BCUT2D eigenvalue weighted by Gasteiger charge is 2.26. The van der Waals surface area contributed by atoms with Crippen LogP contribution >= 0.6 is 0 Å². The Labute approximate surface area is 114 Å². The third kappa shape index (κ3) is 4.41. The molecule has 2 saturated carbocycles. The van der Waals surface area contributed by atoms with E-state index in [1.165, 1.54) is 32.1 Å². The van der Waals surface area contributed by atoms with Crippen molar-refractivity contribution in [1.29, 1.82) is 0 Å². The zero-order chi connectivity index (χ0) is 13.5. The molecule has 0 aromatic heterocycles. The number of rotatable bonds is 4. The van der Waals surface area contributed by atoms with Gasteiger partial charge < -0.3 is 0 Å². The maximum Gasteiger partial charge on any atom is 0.235 e. The van der Waals surface area contributed by atoms with Crippen LogP contribution in [0.4, 0.5) is 0 Å². The Balaban J connectivity index is 1.69. The quantitative estimate of drug-likeness (QED) is 0.577. The summed E-state index contributed by atoms with van der Waals surface area (Å²) in [6.45, 7) is 0. The van der Waals surface area contributed by atoms with Gasteiger partial charge in [0.25, 0.3) is 0 Å². The molecule has 19 heavy (non-hydrogen) atoms. The first-order valence-corrected chi connectivity index (χ1v) is 7.45. The van der Waals surface area contributed by atoms with E-state index in [1.54, 1.807) is 12.2 Å². The van der Waals surface area contributed by atoms with Gasteiger partial charge in [-0.15, -0.1) is 0 Å². The fraction of sp³-hybridized carbons (Fsp3) is 0.867. The summed E-state index contributed by atoms with van der Waals surface area (Å²) in [5, 5.41) is 0. The second-order valence-electron chi connectivity index (χ2n) is 6.03. The Morgan fingerprint density at radius 1 is 0.684 bits per heavy atom. The van der Waals surface area contributed by atoms with Crippen molar-refractivity contribution in [1.82, 2.24) is 0 Å². The van der Waals surface area contributed by atoms with Gasteiger partial charge in [-0.3, -0.25) is 0 Å². The molecule has 2 rings (SSSR count). The average Bonchev–Trinajstić information content (AvgIpc) is 2.44. The van der Waals surface area contributed by atoms with Gasteiger partial charge in [-0.1, -0.05) is 0 Å². The van der Waals surface area contributed by atoms with Crippen molar-refractivity contribution in [2.24, 2.45) is 21.8 Å². The summed E-state index contributed by atoms with van der Waals surface area (Å²) in [5.41, 5.74) is 0. The maximum atomic E-state index is 10.2. The Kier molecular flexibility index (Phi) is 5.50. The lowest BCUT2D eigenvalue weighted by atomic mass is 9.76. The van der Waals surface area contributed by atoms with Gasteiger partial charge in [-0.05, 0) is 69.6 Å². The lowest BCUT2D eigenvalue weighted by Crippen LogP contribution is -2.23. The third-order valence-electron chi connectivity index (χ3n) is 4.77. The van der Waals surface area contributed by atoms with Gasteiger partial charge in [-0.25, -0.2) is 19.6 Å². The van der Waals surface area contributed by atoms with Crippen molar-refractivity contribution in [3.63, 3.8) is 0 Å². The van der Waals surface area contributed by atoms with E-state index >= 15 is 0 Å². The summed E-state index contributed by atoms with van der Waals surface area (Å²) in [5.74, 6) is 1.60. The van der Waals surface area contributed by atoms with Crippen molar-refractivity contribution in [3.05, 3.63) is 0 Å². The van der Waals surface area contributed by atoms with Crippen LogP contribution in [0, 0.1) is 11.8 Å². The number of nitrogens with zero attached hydrogens (tertiary/aromatic N) is 2. The number of hydrogen-bond acceptors (Lipinski definition) is 4. The lowest BCUT2D eigenvalue weighted by molar-refractivity contribution is 0.226. The molecular formula is C15H22N2O2. The zero-order valence-corrected chi connectivity index (χ0v) is 11.4. The molecule has 0 unspecified atom stereocenters. The molecule has 0 aliphatic heterocycles. The fourth-order valence-electron chi connectivity index (χ4n) is 3.64. The average molecular weight is 262 g/mol. The van der Waals surface area contributed by atoms with Crippen LogP contribution in [0.5, 0.6) is 0 Å². The molecule has 2 aliphatic carbocycles. The van der Waals surface area contributed by atoms with Crippen LogP contribution in [0.1, 0.15) is 57.8 Å². The monoisotopic (exact) mass is 262 g/mol. The molecule has 0 aromatic rings. The molecule has 2 fully saturated rings. The minimum absolute atomic E-state index is 0.228. The van der Waals surface area contributed by atoms with Crippen LogP contribution in [-0.4, -0.2) is 24.2 Å². The summed E-state index contributed by atoms with van der Waals surface area (Å²) in [4.78, 5) is 28.1. The van der Waals surface area contributed by atoms with Crippen LogP contribution in [-0.2, 0) is 9.59 Å². The maximum absolute atomic E-state index is 10.2. The molecule has 0 atom stereocenters. The van der Waals surface area contributed by atoms with Gasteiger partial charge in [0.1, 0.15) is 0 Å². The molecular weight excluding hydrogens is 240 g/mol. The Morgan fingerprint density at radius 3 is 1.37 bits per heavy atom. The molecule has 0 aromatic carbocycles. The van der Waals surface area contributed by atoms with Crippen molar-refractivity contribution >= 4 is 12.2 Å². The van der Waals surface area contributed by atoms with E-state index in [0.29, 0.717) is 0 Å². The molecule has 0 radical (unpaired) electrons. The number of carbonyl (C=O) groups excluding carboxylic acids is 2. The van der Waals surface area contributed by atoms with Crippen LogP contribution in [0.3, 0.4) is 0 Å². The van der Waals surface area contributed by atoms with Gasteiger partial charge in [0.15, 0.2) is 0 Å². The van der Waals surface area contributed by atoms with Crippen LogP contribution in [0.2, 0.25) is 0 Å². The minimum Gasteiger partial charge on any atom is -0.211 e. The molecule has 104 valence electrons. The largest absolute Gasteiger partial charge is 0.235 e. The van der Waals surface area contributed by atoms with E-state index in [9.17, 15) is 9.59 Å². The number of aliphatic imine (C=N–C) groups is 2. The van der Waals surface area contributed by atoms with Gasteiger partial charge in [0, 0.05) is 0 Å². The molecule has 0 N–H and O–H groups in total. The van der Waals surface area contributed by atoms with Gasteiger partial charge in [-0.2, -0.15) is 0 Å². The molecule has 0 heterocycles. The second kappa shape index (κ2) is 7.37. The predicted octanol–water partition coefficient (Wildman–Crippen LogP) is 3.17. The summed E-state index contributed by atoms with van der Waals surface area (Å²) in [7, 11) is 0. The molecule has 2 aliphatic rings. The zero-order valence-electron chi connectivity index (χ0n) is 11.4. The number of hydrogen-bond donors (Lipinski definition) is 0. The van der Waals surface area contributed by atoms with Crippen molar-refractivity contribution < 1.29 is 9.59 Å². The van der Waals surface area contributed by atoms with Crippen LogP contribution in [0.25, 0.3) is 0 Å². The van der Waals surface area contributed by atoms with E-state index in [4.69, 9.17) is 0 Å². The Bertz CT molecular complexity index is 332. The highest BCUT2D eigenvalue weighted by atomic mass is 16.1. The van der Waals surface area contributed by atoms with Crippen molar-refractivity contribution in [2.75, 3.05) is 0 Å². The highest BCUT2D eigenvalue weighted by Crippen LogP contribution is 2.36. The first kappa shape index (κ1) is 14.2. The first-order chi connectivity index (χ1) is 9.31. The molecule has 0 amide bonds. The summed E-state index contributed by atoms with van der Waals surface area (Å²) < 4.78 is 0. The normalized spacial score (nSPS) is 34.9. The third-order valence-corrected chi connectivity index (χ3v) is 4.77. The van der Waals surface area contributed by atoms with Gasteiger partial charge >= 0.3 is 0 Å². The molecule has 4 heteroatoms. The summed E-state index contributed by atoms with van der Waals surface area (Å²) in [6, 6.07) is 0.456. The second-order valence-corrected chi connectivity index (χ2v) is 6.03. The smallest absolute Gasteiger partial charge is 0.211 e. The standard InChI is InChI=1S/C15H22N2O2/c18-10-16-14-5-1-12(2-6-14)9-13-3-7-15(8-4-13)17-11-19/h12-15H,1-9H2/t12-,13-,14+,15+. The summed E-state index contributed by atoms with van der Waals surface area (Å²) >= 11 is 0. The number of isocyanates is 2. The van der Waals surface area contributed by atoms with Crippen molar-refractivity contribution in [2.45, 2.75) is 69.9 Å². The van der Waals surface area contributed by atoms with Crippen LogP contribution in [0.15, 0.2) is 9.98 Å². The van der Waals surface area contributed by atoms with E-state index < -0.39 is 0 Å². The van der Waals surface area contributed by atoms with Crippen LogP contribution < -0.4 is 0 Å². The fourth-order valence-corrected chi connectivity index (χ4v) is 3.64. The highest BCUT2D eigenvalue weighted by molar-refractivity contribution is 5.33. The molecule has 0 bridgehead atoms. The predicted molar refractivity (Wildman–Crippen MR) is 72.4 cm³/mol. The molecule has 0 saturated heterocycles. The molecule has 0 spiro atoms. The van der Waals surface area contributed by atoms with E-state index in [2.05, 4.69) is 9.98 Å². The lowest BCUT2D eigenvalue weighted by Gasteiger charge is -2.31. The topological polar surface area (TPSA) is 58.9 Å². The molecule has 4 nitrogen and oxygen atoms in total. The van der Waals surface area contributed by atoms with Crippen molar-refractivity contribution in [3.8, 4) is 0 Å². The Morgan fingerprint density at radius 2 is 1.05 bits per heavy atom. The SMILES string of the molecule is O=C=N[C@H]1CC[C@@H](C[C@H]2CC[C@@H](N=C=O)CC2)CC1. The van der Waals surface area contributed by atoms with E-state index in [1.807, 2.05) is 0 Å². The van der Waals surface area contributed by atoms with Gasteiger partial charge in [0.05, 0.1) is 12.1 Å². The minimum atomic E-state index is 0.228. The summed E-state index contributed by atoms with van der Waals surface area (Å²) in [6.07, 6.45) is 13.6. The first-order valence-electron chi connectivity index (χ1n) is 7.45. The van der Waals surface area contributed by atoms with Gasteiger partial charge in [0.2, 0.25) is 12.2 Å². The van der Waals surface area contributed by atoms with E-state index in [-0.39, 0.29) is 12.1 Å². The van der Waals surface area contributed by atoms with E-state index in [0.717, 1.165) is 37.5 Å². The Hall–Kier alpha value is -1.24.